The lowest BCUT2D eigenvalue weighted by atomic mass is 9.98. The highest BCUT2D eigenvalue weighted by Crippen LogP contribution is 2.15. The zero-order valence-electron chi connectivity index (χ0n) is 15.8. The fraction of sp³-hybridized carbons (Fsp3) is 0.444. The number of carbonyl (C=O) groups is 3. The summed E-state index contributed by atoms with van der Waals surface area (Å²) in [6.45, 7) is 6.69. The molecule has 148 valence electrons. The van der Waals surface area contributed by atoms with Gasteiger partial charge in [0.05, 0.1) is 12.5 Å². The smallest absolute Gasteiger partial charge is 0.407 e. The van der Waals surface area contributed by atoms with E-state index in [1.165, 1.54) is 0 Å². The number of nitrogens with one attached hydrogen (secondary N) is 2. The minimum atomic E-state index is -0.972. The van der Waals surface area contributed by atoms with Gasteiger partial charge >= 0.3 is 12.1 Å². The molecule has 1 rings (SSSR count). The van der Waals surface area contributed by atoms with Crippen LogP contribution < -0.4 is 10.6 Å². The molecule has 2 amide bonds. The predicted molar refractivity (Wildman–Crippen MR) is 97.4 cm³/mol. The number of rotatable bonds is 5. The van der Waals surface area contributed by atoms with Crippen molar-refractivity contribution in [2.75, 3.05) is 13.2 Å². The average molecular weight is 379 g/mol. The Labute approximate surface area is 157 Å². The number of hydrogen-bond donors (Lipinski definition) is 3. The second-order valence-electron chi connectivity index (χ2n) is 6.50. The van der Waals surface area contributed by atoms with Crippen molar-refractivity contribution in [3.63, 3.8) is 0 Å². The fourth-order valence-corrected chi connectivity index (χ4v) is 2.07. The first-order chi connectivity index (χ1) is 12.7. The van der Waals surface area contributed by atoms with Gasteiger partial charge in [0.15, 0.2) is 0 Å². The van der Waals surface area contributed by atoms with Crippen LogP contribution in [0, 0.1) is 0 Å². The van der Waals surface area contributed by atoms with E-state index < -0.39 is 35.3 Å². The molecule has 9 nitrogen and oxygen atoms in total. The van der Waals surface area contributed by atoms with Crippen LogP contribution in [0.15, 0.2) is 35.5 Å². The number of alkyl carbamates (subject to hydrolysis) is 1. The van der Waals surface area contributed by atoms with E-state index in [2.05, 4.69) is 15.8 Å². The molecule has 0 saturated carbocycles. The molecular weight excluding hydrogens is 354 g/mol. The maximum Gasteiger partial charge on any atom is 0.407 e. The van der Waals surface area contributed by atoms with Crippen LogP contribution in [0.4, 0.5) is 4.79 Å². The molecule has 1 unspecified atom stereocenters. The monoisotopic (exact) mass is 379 g/mol. The van der Waals surface area contributed by atoms with E-state index in [9.17, 15) is 14.4 Å². The van der Waals surface area contributed by atoms with Crippen LogP contribution in [0.2, 0.25) is 0 Å². The predicted octanol–water partition coefficient (Wildman–Crippen LogP) is 1.76. The number of benzene rings is 1. The zero-order valence-corrected chi connectivity index (χ0v) is 15.8. The first-order valence-electron chi connectivity index (χ1n) is 8.39. The third kappa shape index (κ3) is 7.76. The highest BCUT2D eigenvalue weighted by Gasteiger charge is 2.26. The van der Waals surface area contributed by atoms with Crippen molar-refractivity contribution in [3.05, 3.63) is 35.9 Å². The summed E-state index contributed by atoms with van der Waals surface area (Å²) in [7, 11) is 0. The van der Waals surface area contributed by atoms with Crippen molar-refractivity contribution in [1.29, 1.82) is 0 Å². The Hall–Kier alpha value is -3.10. The van der Waals surface area contributed by atoms with Crippen molar-refractivity contribution >= 4 is 23.8 Å². The van der Waals surface area contributed by atoms with Gasteiger partial charge in [0, 0.05) is 6.54 Å². The van der Waals surface area contributed by atoms with Crippen LogP contribution in [0.1, 0.15) is 39.2 Å². The SMILES string of the molecule is CCOC(=O)/C(=N\O)NC(=O)C(CNC(=O)OC(C)(C)C)c1ccccc1. The Balaban J connectivity index is 2.90. The van der Waals surface area contributed by atoms with Gasteiger partial charge in [-0.3, -0.25) is 4.79 Å². The Bertz CT molecular complexity index is 682. The fourth-order valence-electron chi connectivity index (χ4n) is 2.07. The highest BCUT2D eigenvalue weighted by molar-refractivity contribution is 6.38. The molecule has 0 aliphatic heterocycles. The first-order valence-corrected chi connectivity index (χ1v) is 8.39. The zero-order chi connectivity index (χ0) is 20.4. The van der Waals surface area contributed by atoms with Gasteiger partial charge in [-0.1, -0.05) is 35.5 Å². The number of esters is 1. The van der Waals surface area contributed by atoms with Gasteiger partial charge in [-0.15, -0.1) is 0 Å². The minimum Gasteiger partial charge on any atom is -0.460 e. The van der Waals surface area contributed by atoms with Crippen molar-refractivity contribution in [2.24, 2.45) is 5.16 Å². The number of hydrogen-bond acceptors (Lipinski definition) is 7. The van der Waals surface area contributed by atoms with E-state index >= 15 is 0 Å². The molecule has 0 spiro atoms. The van der Waals surface area contributed by atoms with Gasteiger partial charge in [0.25, 0.3) is 5.84 Å². The Morgan fingerprint density at radius 2 is 1.81 bits per heavy atom. The van der Waals surface area contributed by atoms with E-state index in [4.69, 9.17) is 14.7 Å². The molecule has 0 saturated heterocycles. The standard InChI is InChI=1S/C18H25N3O6/c1-5-26-16(23)14(21-25)20-15(22)13(12-9-7-6-8-10-12)11-19-17(24)27-18(2,3)4/h6-10,13,25H,5,11H2,1-4H3,(H,19,24)(H,20,21,22). The lowest BCUT2D eigenvalue weighted by molar-refractivity contribution is -0.136. The van der Waals surface area contributed by atoms with E-state index in [0.717, 1.165) is 0 Å². The summed E-state index contributed by atoms with van der Waals surface area (Å²) < 4.78 is 9.86. The minimum absolute atomic E-state index is 0.0516. The number of carbonyl (C=O) groups excluding carboxylic acids is 3. The largest absolute Gasteiger partial charge is 0.460 e. The summed E-state index contributed by atoms with van der Waals surface area (Å²) in [5.74, 6) is -3.12. The second-order valence-corrected chi connectivity index (χ2v) is 6.50. The third-order valence-electron chi connectivity index (χ3n) is 3.18. The van der Waals surface area contributed by atoms with Crippen molar-refractivity contribution in [2.45, 2.75) is 39.2 Å². The first kappa shape index (κ1) is 21.9. The van der Waals surface area contributed by atoms with E-state index in [1.54, 1.807) is 58.0 Å². The molecule has 0 aliphatic carbocycles. The summed E-state index contributed by atoms with van der Waals surface area (Å²) >= 11 is 0. The van der Waals surface area contributed by atoms with Gasteiger partial charge in [-0.2, -0.15) is 0 Å². The van der Waals surface area contributed by atoms with E-state index in [0.29, 0.717) is 5.56 Å². The lowest BCUT2D eigenvalue weighted by Gasteiger charge is -2.22. The molecule has 27 heavy (non-hydrogen) atoms. The molecule has 3 N–H and O–H groups in total. The molecule has 1 aromatic rings. The molecule has 9 heteroatoms. The van der Waals surface area contributed by atoms with Crippen LogP contribution in [0.25, 0.3) is 0 Å². The van der Waals surface area contributed by atoms with E-state index in [1.807, 2.05) is 0 Å². The van der Waals surface area contributed by atoms with Gasteiger partial charge in [-0.05, 0) is 33.3 Å². The molecule has 0 heterocycles. The maximum atomic E-state index is 12.6. The second kappa shape index (κ2) is 10.1. The molecule has 0 radical (unpaired) electrons. The van der Waals surface area contributed by atoms with Crippen LogP contribution >= 0.6 is 0 Å². The van der Waals surface area contributed by atoms with Gasteiger partial charge in [0.1, 0.15) is 5.60 Å². The number of ether oxygens (including phenoxy) is 2. The summed E-state index contributed by atoms with van der Waals surface area (Å²) in [6, 6.07) is 8.63. The number of amidine groups is 1. The Kier molecular flexibility index (Phi) is 8.25. The Morgan fingerprint density at radius 3 is 2.33 bits per heavy atom. The van der Waals surface area contributed by atoms with Gasteiger partial charge in [0.2, 0.25) is 5.91 Å². The number of nitrogens with zero attached hydrogens (tertiary/aromatic N) is 1. The third-order valence-corrected chi connectivity index (χ3v) is 3.18. The molecule has 0 bridgehead atoms. The quantitative estimate of drug-likeness (QED) is 0.235. The average Bonchev–Trinajstić information content (AvgIpc) is 2.59. The van der Waals surface area contributed by atoms with Crippen molar-refractivity contribution in [3.8, 4) is 0 Å². The molecule has 0 aliphatic rings. The molecule has 1 aromatic carbocycles. The van der Waals surface area contributed by atoms with E-state index in [-0.39, 0.29) is 13.2 Å². The number of amides is 2. The van der Waals surface area contributed by atoms with Gasteiger partial charge in [-0.25, -0.2) is 9.59 Å². The number of oxime groups is 1. The molecule has 0 fully saturated rings. The summed E-state index contributed by atoms with van der Waals surface area (Å²) in [5, 5.41) is 16.5. The van der Waals surface area contributed by atoms with Crippen LogP contribution in [-0.2, 0) is 19.1 Å². The highest BCUT2D eigenvalue weighted by atomic mass is 16.6. The molecule has 1 atom stereocenters. The molecular formula is C18H25N3O6. The topological polar surface area (TPSA) is 126 Å². The van der Waals surface area contributed by atoms with Crippen LogP contribution in [0.5, 0.6) is 0 Å². The maximum absolute atomic E-state index is 12.6. The Morgan fingerprint density at radius 1 is 1.19 bits per heavy atom. The summed E-state index contributed by atoms with van der Waals surface area (Å²) in [6.07, 6.45) is -0.683. The lowest BCUT2D eigenvalue weighted by Crippen LogP contribution is -2.44. The van der Waals surface area contributed by atoms with Gasteiger partial charge < -0.3 is 25.3 Å². The van der Waals surface area contributed by atoms with Crippen molar-refractivity contribution in [1.82, 2.24) is 10.6 Å². The summed E-state index contributed by atoms with van der Waals surface area (Å²) in [5.41, 5.74) is -0.0953. The van der Waals surface area contributed by atoms with Crippen LogP contribution in [0.3, 0.4) is 0 Å². The van der Waals surface area contributed by atoms with Crippen LogP contribution in [-0.4, -0.2) is 47.8 Å². The normalized spacial score (nSPS) is 12.7. The summed E-state index contributed by atoms with van der Waals surface area (Å²) in [4.78, 5) is 36.2. The van der Waals surface area contributed by atoms with Crippen molar-refractivity contribution < 1.29 is 29.1 Å². The molecule has 0 aromatic heterocycles.